The molecule has 0 amide bonds. The van der Waals surface area contributed by atoms with E-state index < -0.39 is 11.3 Å². The van der Waals surface area contributed by atoms with Crippen molar-refractivity contribution < 1.29 is 4.79 Å². The Morgan fingerprint density at radius 3 is 2.27 bits per heavy atom. The molecule has 0 aliphatic carbocycles. The Labute approximate surface area is 201 Å². The molecule has 0 radical (unpaired) electrons. The number of halogens is 2. The summed E-state index contributed by atoms with van der Waals surface area (Å²) in [6.07, 6.45) is 1.59. The molecule has 3 aromatic carbocycles. The maximum Gasteiger partial charge on any atom is 0.157 e. The molecule has 0 spiro atoms. The second-order valence-electron chi connectivity index (χ2n) is 8.36. The number of nitrogens with one attached hydrogen (secondary N) is 1. The van der Waals surface area contributed by atoms with E-state index in [2.05, 4.69) is 31.6 Å². The van der Waals surface area contributed by atoms with E-state index in [1.165, 1.54) is 0 Å². The molecule has 2 unspecified atom stereocenters. The summed E-state index contributed by atoms with van der Waals surface area (Å²) in [5, 5.41) is 16.3. The number of carbonyl (C=O) groups excluding carboxylic acids is 1. The van der Waals surface area contributed by atoms with Crippen molar-refractivity contribution in [2.75, 3.05) is 11.4 Å². The molecule has 0 fully saturated rings. The summed E-state index contributed by atoms with van der Waals surface area (Å²) in [6.45, 7) is 1.21. The van der Waals surface area contributed by atoms with Crippen molar-refractivity contribution >= 4 is 35.2 Å². The van der Waals surface area contributed by atoms with E-state index in [9.17, 15) is 4.79 Å². The number of aromatic nitrogens is 4. The van der Waals surface area contributed by atoms with Crippen LogP contribution in [0.3, 0.4) is 0 Å². The van der Waals surface area contributed by atoms with E-state index >= 15 is 0 Å². The fourth-order valence-electron chi connectivity index (χ4n) is 4.82. The first-order chi connectivity index (χ1) is 16.1. The van der Waals surface area contributed by atoms with Crippen LogP contribution in [0.25, 0.3) is 0 Å². The lowest BCUT2D eigenvalue weighted by Crippen LogP contribution is -2.52. The van der Waals surface area contributed by atoms with Gasteiger partial charge in [-0.05, 0) is 63.9 Å². The predicted molar refractivity (Wildman–Crippen MR) is 129 cm³/mol. The third-order valence-corrected chi connectivity index (χ3v) is 6.86. The number of aldehydes is 1. The molecule has 2 atom stereocenters. The average molecular weight is 478 g/mol. The maximum absolute atomic E-state index is 12.6. The zero-order valence-corrected chi connectivity index (χ0v) is 19.2. The normalized spacial score (nSPS) is 19.8. The van der Waals surface area contributed by atoms with Crippen LogP contribution < -0.4 is 4.90 Å². The third-order valence-electron chi connectivity index (χ3n) is 6.35. The smallest absolute Gasteiger partial charge is 0.157 e. The highest BCUT2D eigenvalue weighted by Crippen LogP contribution is 2.48. The molecule has 1 aliphatic rings. The first kappa shape index (κ1) is 21.6. The minimum absolute atomic E-state index is 0.430. The summed E-state index contributed by atoms with van der Waals surface area (Å²) in [5.41, 5.74) is 3.46. The summed E-state index contributed by atoms with van der Waals surface area (Å²) >= 11 is 12.2. The first-order valence-electron chi connectivity index (χ1n) is 10.6. The lowest BCUT2D eigenvalue weighted by atomic mass is 9.65. The Bertz CT molecular complexity index is 1240. The number of nitrogens with zero attached hydrogens (tertiary/aromatic N) is 4. The van der Waals surface area contributed by atoms with Crippen molar-refractivity contribution in [3.05, 3.63) is 105 Å². The van der Waals surface area contributed by atoms with Gasteiger partial charge in [0.05, 0.1) is 11.3 Å². The van der Waals surface area contributed by atoms with E-state index in [1.807, 2.05) is 66.7 Å². The number of fused-ring (bicyclic) bond motifs is 1. The van der Waals surface area contributed by atoms with E-state index in [-0.39, 0.29) is 0 Å². The molecular weight excluding hydrogens is 457 g/mol. The van der Waals surface area contributed by atoms with Crippen molar-refractivity contribution in [2.45, 2.75) is 24.3 Å². The van der Waals surface area contributed by atoms with Gasteiger partial charge in [-0.25, -0.2) is 5.10 Å². The molecule has 5 rings (SSSR count). The van der Waals surface area contributed by atoms with Crippen LogP contribution in [0.15, 0.2) is 72.8 Å². The summed E-state index contributed by atoms with van der Waals surface area (Å²) in [4.78, 5) is 14.9. The minimum Gasteiger partial charge on any atom is -0.366 e. The lowest BCUT2D eigenvalue weighted by Gasteiger charge is -2.47. The molecule has 1 N–H and O–H groups in total. The van der Waals surface area contributed by atoms with Crippen molar-refractivity contribution in [1.82, 2.24) is 20.6 Å². The molecule has 0 saturated carbocycles. The fourth-order valence-corrected chi connectivity index (χ4v) is 5.08. The molecule has 0 saturated heterocycles. The van der Waals surface area contributed by atoms with Gasteiger partial charge in [-0.1, -0.05) is 65.7 Å². The molecule has 1 aromatic heterocycles. The highest BCUT2D eigenvalue weighted by atomic mass is 35.5. The number of aromatic amines is 1. The van der Waals surface area contributed by atoms with Gasteiger partial charge in [0.2, 0.25) is 0 Å². The number of para-hydroxylation sites is 1. The van der Waals surface area contributed by atoms with Gasteiger partial charge >= 0.3 is 0 Å². The molecule has 4 aromatic rings. The number of carbonyl (C=O) groups is 1. The van der Waals surface area contributed by atoms with Gasteiger partial charge in [0.15, 0.2) is 5.82 Å². The Morgan fingerprint density at radius 1 is 0.970 bits per heavy atom. The van der Waals surface area contributed by atoms with Gasteiger partial charge in [0, 0.05) is 28.8 Å². The number of benzene rings is 3. The zero-order valence-electron chi connectivity index (χ0n) is 17.7. The van der Waals surface area contributed by atoms with Gasteiger partial charge in [0.25, 0.3) is 0 Å². The number of H-pyrrole nitrogens is 1. The quantitative estimate of drug-likeness (QED) is 0.396. The van der Waals surface area contributed by atoms with E-state index in [0.29, 0.717) is 35.4 Å². The monoisotopic (exact) mass is 477 g/mol. The SMILES string of the molecule is O=CC1c2ccccc2N(Cc2ccc(Cl)cc2)CC1(Cc1ccc(Cl)cc1)c1nnn[nH]1. The summed E-state index contributed by atoms with van der Waals surface area (Å²) < 4.78 is 0. The molecule has 6 nitrogen and oxygen atoms in total. The van der Waals surface area contributed by atoms with E-state index in [0.717, 1.165) is 28.7 Å². The van der Waals surface area contributed by atoms with Crippen LogP contribution in [0.4, 0.5) is 5.69 Å². The van der Waals surface area contributed by atoms with Gasteiger partial charge in [-0.3, -0.25) is 0 Å². The van der Waals surface area contributed by atoms with E-state index in [1.54, 1.807) is 0 Å². The summed E-state index contributed by atoms with van der Waals surface area (Å²) in [7, 11) is 0. The van der Waals surface area contributed by atoms with Crippen LogP contribution in [0, 0.1) is 0 Å². The lowest BCUT2D eigenvalue weighted by molar-refractivity contribution is -0.110. The maximum atomic E-state index is 12.6. The van der Waals surface area contributed by atoms with Gasteiger partial charge < -0.3 is 9.69 Å². The van der Waals surface area contributed by atoms with Crippen LogP contribution in [-0.2, 0) is 23.2 Å². The van der Waals surface area contributed by atoms with Crippen molar-refractivity contribution in [3.8, 4) is 0 Å². The summed E-state index contributed by atoms with van der Waals surface area (Å²) in [5.74, 6) is 0.158. The Balaban J connectivity index is 1.64. The second-order valence-corrected chi connectivity index (χ2v) is 9.24. The van der Waals surface area contributed by atoms with Crippen LogP contribution >= 0.6 is 23.2 Å². The predicted octanol–water partition coefficient (Wildman–Crippen LogP) is 4.99. The van der Waals surface area contributed by atoms with Gasteiger partial charge in [0.1, 0.15) is 6.29 Å². The van der Waals surface area contributed by atoms with Gasteiger partial charge in [-0.2, -0.15) is 0 Å². The van der Waals surface area contributed by atoms with Crippen molar-refractivity contribution in [2.24, 2.45) is 0 Å². The molecule has 2 heterocycles. The molecular formula is C25H21Cl2N5O. The summed E-state index contributed by atoms with van der Waals surface area (Å²) in [6, 6.07) is 23.6. The Hall–Kier alpha value is -3.22. The number of hydrogen-bond acceptors (Lipinski definition) is 5. The highest BCUT2D eigenvalue weighted by Gasteiger charge is 2.49. The molecule has 166 valence electrons. The number of anilines is 1. The molecule has 1 aliphatic heterocycles. The second kappa shape index (κ2) is 8.96. The fraction of sp³-hybridized carbons (Fsp3) is 0.200. The number of rotatable bonds is 6. The standard InChI is InChI=1S/C25H21Cl2N5O/c26-19-9-5-17(6-10-19)13-25(24-28-30-31-29-24)16-32(14-18-7-11-20(27)12-8-18)23-4-2-1-3-21(23)22(25)15-33/h1-12,15,22H,13-14,16H2,(H,28,29,30,31). The van der Waals surface area contributed by atoms with E-state index in [4.69, 9.17) is 23.2 Å². The molecule has 33 heavy (non-hydrogen) atoms. The van der Waals surface area contributed by atoms with Crippen LogP contribution in [0.2, 0.25) is 10.0 Å². The van der Waals surface area contributed by atoms with Crippen molar-refractivity contribution in [1.29, 1.82) is 0 Å². The van der Waals surface area contributed by atoms with Crippen LogP contribution in [0.1, 0.15) is 28.4 Å². The molecule has 0 bridgehead atoms. The van der Waals surface area contributed by atoms with Gasteiger partial charge in [-0.15, -0.1) is 5.10 Å². The highest BCUT2D eigenvalue weighted by molar-refractivity contribution is 6.30. The Kier molecular flexibility index (Phi) is 5.87. The third kappa shape index (κ3) is 4.12. The van der Waals surface area contributed by atoms with Crippen LogP contribution in [0.5, 0.6) is 0 Å². The number of hydrogen-bond donors (Lipinski definition) is 1. The molecule has 8 heteroatoms. The first-order valence-corrected chi connectivity index (χ1v) is 11.4. The topological polar surface area (TPSA) is 74.8 Å². The van der Waals surface area contributed by atoms with Crippen molar-refractivity contribution in [3.63, 3.8) is 0 Å². The Morgan fingerprint density at radius 2 is 1.64 bits per heavy atom. The number of tetrazole rings is 1. The van der Waals surface area contributed by atoms with Crippen LogP contribution in [-0.4, -0.2) is 33.5 Å². The average Bonchev–Trinajstić information content (AvgIpc) is 3.38. The minimum atomic E-state index is -0.695. The largest absolute Gasteiger partial charge is 0.366 e. The zero-order chi connectivity index (χ0) is 22.8.